The van der Waals surface area contributed by atoms with Crippen LogP contribution in [-0.2, 0) is 14.8 Å². The Bertz CT molecular complexity index is 735. The van der Waals surface area contributed by atoms with Crippen molar-refractivity contribution in [3.63, 3.8) is 0 Å². The molecule has 2 aromatic rings. The second kappa shape index (κ2) is 5.63. The predicted molar refractivity (Wildman–Crippen MR) is 78.9 cm³/mol. The van der Waals surface area contributed by atoms with Gasteiger partial charge in [0, 0.05) is 25.4 Å². The minimum Gasteiger partial charge on any atom is -0.380 e. The number of hydrogen-bond acceptors (Lipinski definition) is 5. The molecule has 1 fully saturated rings. The maximum absolute atomic E-state index is 12.7. The quantitative estimate of drug-likeness (QED) is 0.854. The van der Waals surface area contributed by atoms with Crippen LogP contribution in [0.2, 0.25) is 0 Å². The van der Waals surface area contributed by atoms with E-state index >= 15 is 0 Å². The number of fused-ring (bicyclic) bond motifs is 1. The summed E-state index contributed by atoms with van der Waals surface area (Å²) in [4.78, 5) is 4.34. The number of nitrogens with one attached hydrogen (secondary N) is 2. The number of aromatic nitrogens is 2. The van der Waals surface area contributed by atoms with Crippen molar-refractivity contribution in [2.75, 3.05) is 25.1 Å². The van der Waals surface area contributed by atoms with Crippen LogP contribution in [0.1, 0.15) is 13.3 Å². The van der Waals surface area contributed by atoms with Crippen LogP contribution in [0.25, 0.3) is 5.65 Å². The molecule has 8 heteroatoms. The number of imidazole rings is 1. The Labute approximate surface area is 123 Å². The van der Waals surface area contributed by atoms with E-state index in [9.17, 15) is 8.42 Å². The summed E-state index contributed by atoms with van der Waals surface area (Å²) in [6.07, 6.45) is 2.38. The second-order valence-electron chi connectivity index (χ2n) is 4.91. The zero-order chi connectivity index (χ0) is 14.9. The minimum atomic E-state index is -3.67. The normalized spacial score (nSPS) is 19.2. The number of pyridine rings is 1. The first-order valence-electron chi connectivity index (χ1n) is 6.93. The number of ether oxygens (including phenoxy) is 1. The third kappa shape index (κ3) is 2.74. The van der Waals surface area contributed by atoms with E-state index in [1.54, 1.807) is 22.7 Å². The summed E-state index contributed by atoms with van der Waals surface area (Å²) >= 11 is 0. The van der Waals surface area contributed by atoms with Crippen LogP contribution in [-0.4, -0.2) is 43.6 Å². The van der Waals surface area contributed by atoms with Gasteiger partial charge in [-0.1, -0.05) is 6.07 Å². The van der Waals surface area contributed by atoms with Crippen molar-refractivity contribution in [2.45, 2.75) is 24.4 Å². The van der Waals surface area contributed by atoms with Gasteiger partial charge in [-0.2, -0.15) is 0 Å². The summed E-state index contributed by atoms with van der Waals surface area (Å²) in [6, 6.07) is 5.20. The SMILES string of the molecule is CCNc1nc2ccccn2c1S(=O)(=O)NC1CCOC1. The third-order valence-electron chi connectivity index (χ3n) is 3.34. The first-order valence-corrected chi connectivity index (χ1v) is 8.41. The van der Waals surface area contributed by atoms with Gasteiger partial charge < -0.3 is 10.1 Å². The van der Waals surface area contributed by atoms with E-state index < -0.39 is 10.0 Å². The van der Waals surface area contributed by atoms with Crippen molar-refractivity contribution in [1.82, 2.24) is 14.1 Å². The maximum atomic E-state index is 12.7. The summed E-state index contributed by atoms with van der Waals surface area (Å²) in [6.45, 7) is 3.49. The molecule has 1 saturated heterocycles. The van der Waals surface area contributed by atoms with E-state index in [0.717, 1.165) is 0 Å². The molecule has 1 aliphatic rings. The summed E-state index contributed by atoms with van der Waals surface area (Å²) < 4.78 is 34.9. The van der Waals surface area contributed by atoms with Crippen LogP contribution in [0.15, 0.2) is 29.4 Å². The summed E-state index contributed by atoms with van der Waals surface area (Å²) in [5.74, 6) is 0.370. The second-order valence-corrected chi connectivity index (χ2v) is 6.54. The van der Waals surface area contributed by atoms with Crippen molar-refractivity contribution in [1.29, 1.82) is 0 Å². The number of nitrogens with zero attached hydrogens (tertiary/aromatic N) is 2. The van der Waals surface area contributed by atoms with Crippen LogP contribution < -0.4 is 10.0 Å². The van der Waals surface area contributed by atoms with E-state index in [0.29, 0.717) is 37.6 Å². The van der Waals surface area contributed by atoms with Crippen LogP contribution in [0.4, 0.5) is 5.82 Å². The first kappa shape index (κ1) is 14.3. The van der Waals surface area contributed by atoms with Gasteiger partial charge in [0.2, 0.25) is 0 Å². The summed E-state index contributed by atoms with van der Waals surface area (Å²) in [5, 5.41) is 3.16. The lowest BCUT2D eigenvalue weighted by Gasteiger charge is -2.12. The Kier molecular flexibility index (Phi) is 3.83. The van der Waals surface area contributed by atoms with Crippen molar-refractivity contribution in [2.24, 2.45) is 0 Å². The zero-order valence-electron chi connectivity index (χ0n) is 11.7. The van der Waals surface area contributed by atoms with Gasteiger partial charge in [-0.3, -0.25) is 4.40 Å². The van der Waals surface area contributed by atoms with Gasteiger partial charge >= 0.3 is 0 Å². The molecule has 0 aromatic carbocycles. The van der Waals surface area contributed by atoms with E-state index in [4.69, 9.17) is 4.74 Å². The molecule has 0 bridgehead atoms. The standard InChI is InChI=1S/C13H18N4O3S/c1-2-14-12-13(17-7-4-3-5-11(17)15-12)21(18,19)16-10-6-8-20-9-10/h3-5,7,10,14,16H,2,6,8-9H2,1H3. The van der Waals surface area contributed by atoms with Gasteiger partial charge in [0.1, 0.15) is 5.65 Å². The molecule has 1 atom stereocenters. The lowest BCUT2D eigenvalue weighted by Crippen LogP contribution is -2.36. The van der Waals surface area contributed by atoms with E-state index in [1.807, 2.05) is 13.0 Å². The van der Waals surface area contributed by atoms with Gasteiger partial charge in [0.25, 0.3) is 10.0 Å². The average molecular weight is 310 g/mol. The molecule has 3 rings (SSSR count). The van der Waals surface area contributed by atoms with E-state index in [2.05, 4.69) is 15.0 Å². The fourth-order valence-electron chi connectivity index (χ4n) is 2.42. The van der Waals surface area contributed by atoms with Gasteiger partial charge in [0.15, 0.2) is 10.8 Å². The summed E-state index contributed by atoms with van der Waals surface area (Å²) in [7, 11) is -3.67. The van der Waals surface area contributed by atoms with Crippen LogP contribution in [0, 0.1) is 0 Å². The van der Waals surface area contributed by atoms with Crippen LogP contribution in [0.3, 0.4) is 0 Å². The third-order valence-corrected chi connectivity index (χ3v) is 4.88. The highest BCUT2D eigenvalue weighted by Crippen LogP contribution is 2.23. The lowest BCUT2D eigenvalue weighted by molar-refractivity contribution is 0.192. The molecule has 114 valence electrons. The molecular formula is C13H18N4O3S. The van der Waals surface area contributed by atoms with Crippen molar-refractivity contribution in [3.8, 4) is 0 Å². The molecule has 0 amide bonds. The average Bonchev–Trinajstić information content (AvgIpc) is 3.05. The Morgan fingerprint density at radius 1 is 1.48 bits per heavy atom. The first-order chi connectivity index (χ1) is 10.1. The fourth-order valence-corrected chi connectivity index (χ4v) is 3.94. The van der Waals surface area contributed by atoms with Gasteiger partial charge in [0.05, 0.1) is 6.61 Å². The van der Waals surface area contributed by atoms with Crippen molar-refractivity contribution in [3.05, 3.63) is 24.4 Å². The van der Waals surface area contributed by atoms with Crippen molar-refractivity contribution >= 4 is 21.5 Å². The Morgan fingerprint density at radius 2 is 2.33 bits per heavy atom. The smallest absolute Gasteiger partial charge is 0.260 e. The monoisotopic (exact) mass is 310 g/mol. The van der Waals surface area contributed by atoms with Crippen molar-refractivity contribution < 1.29 is 13.2 Å². The van der Waals surface area contributed by atoms with Crippen LogP contribution in [0.5, 0.6) is 0 Å². The highest BCUT2D eigenvalue weighted by molar-refractivity contribution is 7.89. The highest BCUT2D eigenvalue weighted by atomic mass is 32.2. The molecule has 2 aromatic heterocycles. The number of sulfonamides is 1. The molecule has 0 saturated carbocycles. The molecule has 0 spiro atoms. The summed E-state index contributed by atoms with van der Waals surface area (Å²) in [5.41, 5.74) is 0.594. The molecule has 1 aliphatic heterocycles. The Balaban J connectivity index is 2.06. The molecule has 21 heavy (non-hydrogen) atoms. The molecule has 0 aliphatic carbocycles. The maximum Gasteiger partial charge on any atom is 0.260 e. The molecule has 7 nitrogen and oxygen atoms in total. The van der Waals surface area contributed by atoms with Gasteiger partial charge in [-0.15, -0.1) is 0 Å². The predicted octanol–water partition coefficient (Wildman–Crippen LogP) is 0.833. The van der Waals surface area contributed by atoms with Gasteiger partial charge in [-0.05, 0) is 25.5 Å². The molecule has 2 N–H and O–H groups in total. The number of hydrogen-bond donors (Lipinski definition) is 2. The lowest BCUT2D eigenvalue weighted by atomic mass is 10.3. The zero-order valence-corrected chi connectivity index (χ0v) is 12.6. The minimum absolute atomic E-state index is 0.145. The topological polar surface area (TPSA) is 84.7 Å². The number of anilines is 1. The molecule has 1 unspecified atom stereocenters. The number of rotatable bonds is 5. The van der Waals surface area contributed by atoms with E-state index in [-0.39, 0.29) is 11.1 Å². The molecular weight excluding hydrogens is 292 g/mol. The van der Waals surface area contributed by atoms with Crippen LogP contribution >= 0.6 is 0 Å². The molecule has 3 heterocycles. The largest absolute Gasteiger partial charge is 0.380 e. The molecule has 0 radical (unpaired) electrons. The van der Waals surface area contributed by atoms with E-state index in [1.165, 1.54) is 0 Å². The highest BCUT2D eigenvalue weighted by Gasteiger charge is 2.29. The van der Waals surface area contributed by atoms with Gasteiger partial charge in [-0.25, -0.2) is 18.1 Å². The Morgan fingerprint density at radius 3 is 3.05 bits per heavy atom. The fraction of sp³-hybridized carbons (Fsp3) is 0.462. The Hall–Kier alpha value is -1.64.